The predicted molar refractivity (Wildman–Crippen MR) is 72.4 cm³/mol. The fraction of sp³-hybridized carbons (Fsp3) is 0.462. The SMILES string of the molecule is CCC(NCCN=[N+]=[N-])(C(=O)OC)c1ccccc1F. The number of benzene rings is 1. The normalized spacial score (nSPS) is 13.2. The number of hydrogen-bond donors (Lipinski definition) is 1. The van der Waals surface area contributed by atoms with Crippen molar-refractivity contribution in [3.05, 3.63) is 46.1 Å². The van der Waals surface area contributed by atoms with E-state index in [0.717, 1.165) is 0 Å². The van der Waals surface area contributed by atoms with Gasteiger partial charge in [0.2, 0.25) is 0 Å². The number of carbonyl (C=O) groups excluding carboxylic acids is 1. The first-order chi connectivity index (χ1) is 9.62. The van der Waals surface area contributed by atoms with Crippen molar-refractivity contribution in [2.45, 2.75) is 18.9 Å². The molecule has 1 atom stereocenters. The van der Waals surface area contributed by atoms with Gasteiger partial charge < -0.3 is 4.74 Å². The zero-order chi connectivity index (χ0) is 15.0. The fourth-order valence-corrected chi connectivity index (χ4v) is 2.08. The largest absolute Gasteiger partial charge is 0.467 e. The summed E-state index contributed by atoms with van der Waals surface area (Å²) in [6.07, 6.45) is 0.302. The van der Waals surface area contributed by atoms with Crippen molar-refractivity contribution in [3.63, 3.8) is 0 Å². The summed E-state index contributed by atoms with van der Waals surface area (Å²) in [5, 5.41) is 6.33. The number of carbonyl (C=O) groups is 1. The molecule has 108 valence electrons. The minimum Gasteiger partial charge on any atom is -0.467 e. The summed E-state index contributed by atoms with van der Waals surface area (Å²) in [5.74, 6) is -1.07. The highest BCUT2D eigenvalue weighted by atomic mass is 19.1. The molecular formula is C13H17FN4O2. The van der Waals surface area contributed by atoms with Gasteiger partial charge in [0.1, 0.15) is 11.4 Å². The number of methoxy groups -OCH3 is 1. The van der Waals surface area contributed by atoms with E-state index in [1.807, 2.05) is 0 Å². The minimum absolute atomic E-state index is 0.156. The standard InChI is InChI=1S/C13H17FN4O2/c1-3-13(12(19)20-2,16-8-9-17-18-15)10-6-4-5-7-11(10)14/h4-7,16H,3,8-9H2,1-2H3. The monoisotopic (exact) mass is 280 g/mol. The van der Waals surface area contributed by atoms with Crippen molar-refractivity contribution in [1.29, 1.82) is 0 Å². The van der Waals surface area contributed by atoms with E-state index in [2.05, 4.69) is 15.3 Å². The molecule has 0 aliphatic heterocycles. The average Bonchev–Trinajstić information content (AvgIpc) is 2.48. The number of ether oxygens (including phenoxy) is 1. The number of esters is 1. The topological polar surface area (TPSA) is 87.1 Å². The molecule has 1 unspecified atom stereocenters. The van der Waals surface area contributed by atoms with Gasteiger partial charge in [-0.25, -0.2) is 9.18 Å². The van der Waals surface area contributed by atoms with Crippen LogP contribution in [0.15, 0.2) is 29.4 Å². The number of rotatable bonds is 7. The van der Waals surface area contributed by atoms with E-state index in [-0.39, 0.29) is 18.7 Å². The lowest BCUT2D eigenvalue weighted by Crippen LogP contribution is -2.50. The number of halogens is 1. The first-order valence-corrected chi connectivity index (χ1v) is 6.21. The van der Waals surface area contributed by atoms with Crippen LogP contribution in [0.3, 0.4) is 0 Å². The minimum atomic E-state index is -1.29. The lowest BCUT2D eigenvalue weighted by atomic mass is 9.86. The Balaban J connectivity index is 3.15. The molecule has 0 amide bonds. The highest BCUT2D eigenvalue weighted by Crippen LogP contribution is 2.28. The molecule has 1 aromatic rings. The number of nitrogens with one attached hydrogen (secondary N) is 1. The lowest BCUT2D eigenvalue weighted by Gasteiger charge is -2.31. The van der Waals surface area contributed by atoms with Gasteiger partial charge in [-0.2, -0.15) is 0 Å². The molecule has 6 nitrogen and oxygen atoms in total. The molecule has 7 heteroatoms. The molecule has 20 heavy (non-hydrogen) atoms. The van der Waals surface area contributed by atoms with Crippen molar-refractivity contribution in [2.24, 2.45) is 5.11 Å². The van der Waals surface area contributed by atoms with Crippen molar-refractivity contribution in [1.82, 2.24) is 5.32 Å². The van der Waals surface area contributed by atoms with Crippen LogP contribution in [0.2, 0.25) is 0 Å². The molecule has 0 bridgehead atoms. The Labute approximate surface area is 116 Å². The van der Waals surface area contributed by atoms with Gasteiger partial charge in [0.05, 0.1) is 7.11 Å². The van der Waals surface area contributed by atoms with Gasteiger partial charge in [0.15, 0.2) is 0 Å². The van der Waals surface area contributed by atoms with E-state index < -0.39 is 17.3 Å². The highest BCUT2D eigenvalue weighted by molar-refractivity contribution is 5.82. The Morgan fingerprint density at radius 1 is 1.55 bits per heavy atom. The van der Waals surface area contributed by atoms with E-state index in [9.17, 15) is 9.18 Å². The zero-order valence-corrected chi connectivity index (χ0v) is 11.5. The van der Waals surface area contributed by atoms with E-state index in [4.69, 9.17) is 10.3 Å². The average molecular weight is 280 g/mol. The van der Waals surface area contributed by atoms with Gasteiger partial charge in [-0.05, 0) is 18.0 Å². The maximum atomic E-state index is 14.0. The molecule has 0 aromatic heterocycles. The van der Waals surface area contributed by atoms with Crippen molar-refractivity contribution < 1.29 is 13.9 Å². The van der Waals surface area contributed by atoms with Gasteiger partial charge in [-0.3, -0.25) is 5.32 Å². The van der Waals surface area contributed by atoms with Crippen LogP contribution >= 0.6 is 0 Å². The predicted octanol–water partition coefficient (Wildman–Crippen LogP) is 2.50. The van der Waals surface area contributed by atoms with Crippen LogP contribution in [0.5, 0.6) is 0 Å². The van der Waals surface area contributed by atoms with Crippen molar-refractivity contribution in [2.75, 3.05) is 20.2 Å². The molecule has 0 heterocycles. The second-order valence-corrected chi connectivity index (χ2v) is 4.11. The molecule has 0 radical (unpaired) electrons. The van der Waals surface area contributed by atoms with Crippen LogP contribution in [-0.4, -0.2) is 26.2 Å². The summed E-state index contributed by atoms with van der Waals surface area (Å²) in [5.41, 5.74) is 7.18. The van der Waals surface area contributed by atoms with Crippen molar-refractivity contribution in [3.8, 4) is 0 Å². The maximum Gasteiger partial charge on any atom is 0.330 e. The van der Waals surface area contributed by atoms with E-state index >= 15 is 0 Å². The Morgan fingerprint density at radius 3 is 2.80 bits per heavy atom. The summed E-state index contributed by atoms with van der Waals surface area (Å²) in [4.78, 5) is 14.8. The Kier molecular flexibility index (Phi) is 5.96. The van der Waals surface area contributed by atoms with E-state index in [1.165, 1.54) is 19.2 Å². The molecule has 0 saturated carbocycles. The van der Waals surface area contributed by atoms with E-state index in [1.54, 1.807) is 19.1 Å². The Morgan fingerprint density at radius 2 is 2.25 bits per heavy atom. The van der Waals surface area contributed by atoms with Gasteiger partial charge in [0, 0.05) is 23.6 Å². The molecule has 1 N–H and O–H groups in total. The second-order valence-electron chi connectivity index (χ2n) is 4.11. The molecule has 1 aromatic carbocycles. The molecule has 0 aliphatic rings. The third kappa shape index (κ3) is 3.26. The Bertz CT molecular complexity index is 517. The smallest absolute Gasteiger partial charge is 0.330 e. The van der Waals surface area contributed by atoms with Crippen molar-refractivity contribution >= 4 is 5.97 Å². The third-order valence-electron chi connectivity index (χ3n) is 3.10. The van der Waals surface area contributed by atoms with Gasteiger partial charge in [-0.1, -0.05) is 30.2 Å². The Hall–Kier alpha value is -2.11. The first-order valence-electron chi connectivity index (χ1n) is 6.21. The van der Waals surface area contributed by atoms with Crippen LogP contribution in [0, 0.1) is 5.82 Å². The summed E-state index contributed by atoms with van der Waals surface area (Å²) >= 11 is 0. The quantitative estimate of drug-likeness (QED) is 0.274. The number of nitrogens with zero attached hydrogens (tertiary/aromatic N) is 3. The lowest BCUT2D eigenvalue weighted by molar-refractivity contribution is -0.149. The van der Waals surface area contributed by atoms with E-state index in [0.29, 0.717) is 6.42 Å². The van der Waals surface area contributed by atoms with Crippen LogP contribution in [0.25, 0.3) is 10.4 Å². The third-order valence-corrected chi connectivity index (χ3v) is 3.10. The van der Waals surface area contributed by atoms with Gasteiger partial charge in [-0.15, -0.1) is 0 Å². The highest BCUT2D eigenvalue weighted by Gasteiger charge is 2.41. The van der Waals surface area contributed by atoms with Crippen LogP contribution in [-0.2, 0) is 15.1 Å². The molecule has 0 spiro atoms. The number of azide groups is 1. The van der Waals surface area contributed by atoms with Crippen LogP contribution < -0.4 is 5.32 Å². The molecule has 0 fully saturated rings. The van der Waals surface area contributed by atoms with Gasteiger partial charge >= 0.3 is 5.97 Å². The molecular weight excluding hydrogens is 263 g/mol. The number of hydrogen-bond acceptors (Lipinski definition) is 4. The maximum absolute atomic E-state index is 14.0. The summed E-state index contributed by atoms with van der Waals surface area (Å²) < 4.78 is 18.8. The van der Waals surface area contributed by atoms with Crippen LogP contribution in [0.1, 0.15) is 18.9 Å². The molecule has 0 saturated heterocycles. The second kappa shape index (κ2) is 7.47. The first kappa shape index (κ1) is 15.9. The summed E-state index contributed by atoms with van der Waals surface area (Å²) in [6, 6.07) is 6.03. The van der Waals surface area contributed by atoms with Gasteiger partial charge in [0.25, 0.3) is 0 Å². The van der Waals surface area contributed by atoms with Crippen LogP contribution in [0.4, 0.5) is 4.39 Å². The molecule has 1 rings (SSSR count). The summed E-state index contributed by atoms with van der Waals surface area (Å²) in [7, 11) is 1.25. The summed E-state index contributed by atoms with van der Waals surface area (Å²) in [6.45, 7) is 2.15. The fourth-order valence-electron chi connectivity index (χ4n) is 2.08. The molecule has 0 aliphatic carbocycles. The zero-order valence-electron chi connectivity index (χ0n) is 11.5.